The van der Waals surface area contributed by atoms with Crippen molar-refractivity contribution in [3.63, 3.8) is 0 Å². The van der Waals surface area contributed by atoms with Gasteiger partial charge in [0.25, 0.3) is 0 Å². The number of likely N-dealkylation sites (N-methyl/N-ethyl adjacent to an activating group) is 1. The number of carboxylic acid groups (broad SMARTS) is 1. The van der Waals surface area contributed by atoms with Gasteiger partial charge in [-0.2, -0.15) is 0 Å². The van der Waals surface area contributed by atoms with Crippen LogP contribution in [0.1, 0.15) is 81.9 Å². The van der Waals surface area contributed by atoms with E-state index >= 15 is 0 Å². The highest BCUT2D eigenvalue weighted by Gasteiger charge is 2.32. The van der Waals surface area contributed by atoms with E-state index in [9.17, 15) is 18.4 Å². The quantitative estimate of drug-likeness (QED) is 0.256. The monoisotopic (exact) mass is 631 g/mol. The second-order valence-electron chi connectivity index (χ2n) is 12.6. The van der Waals surface area contributed by atoms with Crippen molar-refractivity contribution in [1.29, 1.82) is 0 Å². The molecule has 1 amide bonds. The molecule has 0 aromatic heterocycles. The van der Waals surface area contributed by atoms with Crippen molar-refractivity contribution >= 4 is 12.4 Å². The second-order valence-corrected chi connectivity index (χ2v) is 12.6. The first kappa shape index (κ1) is 38.3. The SMILES string of the molecule is CCCN(C=O)C1CCN(CC2CCCC2c2cccc(F)c2)CC1.CNC(C(=O)O)C(C)C.COCc1ccc(F)c(C)c1. The lowest BCUT2D eigenvalue weighted by atomic mass is 9.88. The fraction of sp³-hybridized carbons (Fsp3) is 0.611. The zero-order chi connectivity index (χ0) is 33.4. The number of piperidine rings is 1. The molecule has 0 radical (unpaired) electrons. The van der Waals surface area contributed by atoms with Crippen LogP contribution in [0.3, 0.4) is 0 Å². The topological polar surface area (TPSA) is 82.1 Å². The first-order valence-electron chi connectivity index (χ1n) is 16.4. The van der Waals surface area contributed by atoms with Crippen LogP contribution in [-0.4, -0.2) is 79.7 Å². The summed E-state index contributed by atoms with van der Waals surface area (Å²) in [5.41, 5.74) is 2.85. The molecule has 45 heavy (non-hydrogen) atoms. The lowest BCUT2D eigenvalue weighted by Crippen LogP contribution is -2.46. The van der Waals surface area contributed by atoms with E-state index in [0.717, 1.165) is 57.4 Å². The molecule has 7 nitrogen and oxygen atoms in total. The Balaban J connectivity index is 0.000000291. The van der Waals surface area contributed by atoms with Crippen molar-refractivity contribution in [2.45, 2.75) is 90.8 Å². The average Bonchev–Trinajstić information content (AvgIpc) is 3.47. The molecule has 0 spiro atoms. The van der Waals surface area contributed by atoms with Gasteiger partial charge in [0, 0.05) is 39.3 Å². The van der Waals surface area contributed by atoms with E-state index in [0.29, 0.717) is 30.0 Å². The summed E-state index contributed by atoms with van der Waals surface area (Å²) in [6.45, 7) is 12.3. The first-order chi connectivity index (χ1) is 21.5. The van der Waals surface area contributed by atoms with Gasteiger partial charge in [0.05, 0.1) is 6.61 Å². The van der Waals surface area contributed by atoms with Gasteiger partial charge in [0.2, 0.25) is 6.41 Å². The Hall–Kier alpha value is -2.88. The Morgan fingerprint density at radius 1 is 1.13 bits per heavy atom. The Morgan fingerprint density at radius 2 is 1.84 bits per heavy atom. The molecule has 1 aliphatic carbocycles. The number of methoxy groups -OCH3 is 1. The molecule has 252 valence electrons. The van der Waals surface area contributed by atoms with Gasteiger partial charge >= 0.3 is 5.97 Å². The average molecular weight is 632 g/mol. The minimum Gasteiger partial charge on any atom is -0.480 e. The highest BCUT2D eigenvalue weighted by atomic mass is 19.1. The number of carbonyl (C=O) groups is 2. The first-order valence-corrected chi connectivity index (χ1v) is 16.4. The molecule has 1 aliphatic heterocycles. The number of nitrogens with zero attached hydrogens (tertiary/aromatic N) is 2. The van der Waals surface area contributed by atoms with Crippen molar-refractivity contribution < 1.29 is 28.2 Å². The summed E-state index contributed by atoms with van der Waals surface area (Å²) >= 11 is 0. The van der Waals surface area contributed by atoms with Gasteiger partial charge in [-0.3, -0.25) is 9.59 Å². The van der Waals surface area contributed by atoms with E-state index in [-0.39, 0.29) is 17.6 Å². The number of amides is 1. The van der Waals surface area contributed by atoms with Gasteiger partial charge in [0.15, 0.2) is 0 Å². The number of hydrogen-bond acceptors (Lipinski definition) is 5. The fourth-order valence-corrected chi connectivity index (χ4v) is 6.48. The van der Waals surface area contributed by atoms with E-state index < -0.39 is 12.0 Å². The Kier molecular flexibility index (Phi) is 17.3. The Labute approximate surface area is 269 Å². The highest BCUT2D eigenvalue weighted by Crippen LogP contribution is 2.40. The number of ether oxygens (including phenoxy) is 1. The minimum absolute atomic E-state index is 0.117. The molecule has 4 rings (SSSR count). The number of nitrogens with one attached hydrogen (secondary N) is 1. The molecule has 0 bridgehead atoms. The number of likely N-dealkylation sites (tertiary alicyclic amines) is 1. The van der Waals surface area contributed by atoms with E-state index in [4.69, 9.17) is 9.84 Å². The maximum Gasteiger partial charge on any atom is 0.320 e. The number of carbonyl (C=O) groups excluding carboxylic acids is 1. The van der Waals surface area contributed by atoms with Gasteiger partial charge in [-0.05, 0) is 98.7 Å². The van der Waals surface area contributed by atoms with Crippen LogP contribution in [0.5, 0.6) is 0 Å². The maximum absolute atomic E-state index is 13.6. The molecule has 2 aliphatic rings. The molecule has 2 N–H and O–H groups in total. The van der Waals surface area contributed by atoms with Gasteiger partial charge in [-0.15, -0.1) is 0 Å². The molecule has 3 atom stereocenters. The Bertz CT molecular complexity index is 1160. The summed E-state index contributed by atoms with van der Waals surface area (Å²) < 4.78 is 31.2. The van der Waals surface area contributed by atoms with E-state index in [1.165, 1.54) is 37.0 Å². The van der Waals surface area contributed by atoms with Crippen molar-refractivity contribution in [3.05, 3.63) is 70.8 Å². The number of carboxylic acids is 1. The highest BCUT2D eigenvalue weighted by molar-refractivity contribution is 5.73. The number of halogens is 2. The smallest absolute Gasteiger partial charge is 0.320 e. The van der Waals surface area contributed by atoms with Crippen LogP contribution in [-0.2, 0) is 20.9 Å². The molecule has 2 aromatic rings. The molecule has 1 heterocycles. The predicted molar refractivity (Wildman–Crippen MR) is 176 cm³/mol. The summed E-state index contributed by atoms with van der Waals surface area (Å²) in [4.78, 5) is 26.1. The number of hydrogen-bond donors (Lipinski definition) is 2. The van der Waals surface area contributed by atoms with Crippen LogP contribution in [0.15, 0.2) is 42.5 Å². The van der Waals surface area contributed by atoms with Gasteiger partial charge in [-0.1, -0.05) is 51.5 Å². The molecule has 2 aromatic carbocycles. The Morgan fingerprint density at radius 3 is 2.36 bits per heavy atom. The zero-order valence-electron chi connectivity index (χ0n) is 28.1. The van der Waals surface area contributed by atoms with Crippen LogP contribution in [0.2, 0.25) is 0 Å². The molecule has 2 fully saturated rings. The lowest BCUT2D eigenvalue weighted by molar-refractivity contribution is -0.140. The van der Waals surface area contributed by atoms with Crippen molar-refractivity contribution in [2.24, 2.45) is 11.8 Å². The zero-order valence-corrected chi connectivity index (χ0v) is 28.1. The van der Waals surface area contributed by atoms with E-state index in [1.807, 2.05) is 24.8 Å². The normalized spacial score (nSPS) is 19.2. The van der Waals surface area contributed by atoms with Crippen LogP contribution in [0.25, 0.3) is 0 Å². The molecular weight excluding hydrogens is 576 g/mol. The number of rotatable bonds is 12. The van der Waals surface area contributed by atoms with Crippen LogP contribution in [0, 0.1) is 30.4 Å². The predicted octanol–water partition coefficient (Wildman–Crippen LogP) is 6.64. The van der Waals surface area contributed by atoms with Gasteiger partial charge < -0.3 is 25.0 Å². The van der Waals surface area contributed by atoms with Crippen LogP contribution in [0.4, 0.5) is 8.78 Å². The number of aryl methyl sites for hydroxylation is 1. The molecule has 9 heteroatoms. The third kappa shape index (κ3) is 12.8. The summed E-state index contributed by atoms with van der Waals surface area (Å²) in [5.74, 6) is 0.217. The third-order valence-corrected chi connectivity index (χ3v) is 8.85. The van der Waals surface area contributed by atoms with Crippen LogP contribution >= 0.6 is 0 Å². The molecular formula is C36H55F2N3O4. The third-order valence-electron chi connectivity index (χ3n) is 8.85. The number of benzene rings is 2. The van der Waals surface area contributed by atoms with Crippen molar-refractivity contribution in [1.82, 2.24) is 15.1 Å². The molecule has 3 unspecified atom stereocenters. The van der Waals surface area contributed by atoms with Crippen molar-refractivity contribution in [2.75, 3.05) is 40.3 Å². The summed E-state index contributed by atoms with van der Waals surface area (Å²) in [5, 5.41) is 11.2. The van der Waals surface area contributed by atoms with Crippen LogP contribution < -0.4 is 5.32 Å². The molecule has 1 saturated heterocycles. The minimum atomic E-state index is -0.785. The summed E-state index contributed by atoms with van der Waals surface area (Å²) in [6.07, 6.45) is 7.89. The largest absolute Gasteiger partial charge is 0.480 e. The fourth-order valence-electron chi connectivity index (χ4n) is 6.48. The van der Waals surface area contributed by atoms with E-state index in [2.05, 4.69) is 23.2 Å². The summed E-state index contributed by atoms with van der Waals surface area (Å²) in [6, 6.07) is 12.2. The number of aliphatic carboxylic acids is 1. The second kappa shape index (κ2) is 20.3. The van der Waals surface area contributed by atoms with E-state index in [1.54, 1.807) is 39.3 Å². The van der Waals surface area contributed by atoms with Crippen molar-refractivity contribution in [3.8, 4) is 0 Å². The lowest BCUT2D eigenvalue weighted by Gasteiger charge is -2.38. The molecule has 1 saturated carbocycles. The standard InChI is InChI=1S/C21H31FN2O.C9H11FO.C6H13NO2/c1-2-11-24(16-25)20-9-12-23(13-10-20)15-18-6-4-8-21(18)17-5-3-7-19(22)14-17;1-7-5-8(6-11-2)3-4-9(7)10;1-4(2)5(7-3)6(8)9/h3,5,7,14,16,18,20-21H,2,4,6,8-13,15H2,1H3;3-5H,6H2,1-2H3;4-5,7H,1-3H3,(H,8,9). The van der Waals surface area contributed by atoms with Gasteiger partial charge in [-0.25, -0.2) is 8.78 Å². The summed E-state index contributed by atoms with van der Waals surface area (Å²) in [7, 11) is 3.28. The maximum atomic E-state index is 13.6. The van der Waals surface area contributed by atoms with Gasteiger partial charge in [0.1, 0.15) is 17.7 Å².